The Hall–Kier alpha value is -3.28. The number of nitrogens with one attached hydrogen (secondary N) is 1. The molecule has 0 aliphatic rings. The molecule has 1 N–H and O–H groups in total. The third-order valence-corrected chi connectivity index (χ3v) is 4.56. The van der Waals surface area contributed by atoms with Crippen LogP contribution in [0.5, 0.6) is 11.5 Å². The van der Waals surface area contributed by atoms with Crippen molar-refractivity contribution in [3.63, 3.8) is 0 Å². The standard InChI is InChI=1S/C22H23NO5/c1-4-27-19-8-6-5-7-18(19)23-21(24)12-11-17-14(2)16-10-9-15(26-3)13-20(16)28-22(17)25/h5-10,13H,4,11-12H2,1-3H3,(H,23,24). The third kappa shape index (κ3) is 4.17. The van der Waals surface area contributed by atoms with Gasteiger partial charge in [-0.15, -0.1) is 0 Å². The molecular formula is C22H23NO5. The topological polar surface area (TPSA) is 77.8 Å². The number of ether oxygens (including phenoxy) is 2. The Morgan fingerprint density at radius 2 is 1.96 bits per heavy atom. The van der Waals surface area contributed by atoms with Gasteiger partial charge in [0.15, 0.2) is 0 Å². The first-order chi connectivity index (χ1) is 13.5. The Morgan fingerprint density at radius 3 is 2.71 bits per heavy atom. The normalized spacial score (nSPS) is 10.7. The Bertz CT molecular complexity index is 1050. The van der Waals surface area contributed by atoms with E-state index >= 15 is 0 Å². The molecule has 0 aliphatic carbocycles. The molecule has 28 heavy (non-hydrogen) atoms. The van der Waals surface area contributed by atoms with Crippen molar-refractivity contribution in [2.75, 3.05) is 19.0 Å². The molecule has 0 bridgehead atoms. The number of hydrogen-bond acceptors (Lipinski definition) is 5. The number of fused-ring (bicyclic) bond motifs is 1. The molecule has 0 aliphatic heterocycles. The van der Waals surface area contributed by atoms with E-state index in [0.29, 0.717) is 41.4 Å². The molecule has 1 amide bonds. The number of carbonyl (C=O) groups excluding carboxylic acids is 1. The molecule has 1 aromatic heterocycles. The first-order valence-corrected chi connectivity index (χ1v) is 9.15. The summed E-state index contributed by atoms with van der Waals surface area (Å²) >= 11 is 0. The molecule has 0 saturated carbocycles. The number of para-hydroxylation sites is 2. The first-order valence-electron chi connectivity index (χ1n) is 9.15. The highest BCUT2D eigenvalue weighted by molar-refractivity contribution is 5.92. The number of aryl methyl sites for hydroxylation is 1. The lowest BCUT2D eigenvalue weighted by Crippen LogP contribution is -2.17. The molecule has 0 fully saturated rings. The molecule has 6 nitrogen and oxygen atoms in total. The van der Waals surface area contributed by atoms with Gasteiger partial charge in [-0.3, -0.25) is 4.79 Å². The Kier molecular flexibility index (Phi) is 5.99. The molecule has 3 aromatic rings. The van der Waals surface area contributed by atoms with Crippen LogP contribution in [0.25, 0.3) is 11.0 Å². The molecule has 0 unspecified atom stereocenters. The Morgan fingerprint density at radius 1 is 1.18 bits per heavy atom. The molecule has 6 heteroatoms. The maximum atomic E-state index is 12.4. The van der Waals surface area contributed by atoms with E-state index < -0.39 is 5.63 Å². The summed E-state index contributed by atoms with van der Waals surface area (Å²) < 4.78 is 16.1. The fraction of sp³-hybridized carbons (Fsp3) is 0.273. The highest BCUT2D eigenvalue weighted by Crippen LogP contribution is 2.26. The SMILES string of the molecule is CCOc1ccccc1NC(=O)CCc1c(C)c2ccc(OC)cc2oc1=O. The highest BCUT2D eigenvalue weighted by atomic mass is 16.5. The summed E-state index contributed by atoms with van der Waals surface area (Å²) in [6, 6.07) is 12.6. The predicted molar refractivity (Wildman–Crippen MR) is 108 cm³/mol. The van der Waals surface area contributed by atoms with Gasteiger partial charge in [0.05, 0.1) is 19.4 Å². The summed E-state index contributed by atoms with van der Waals surface area (Å²) in [5, 5.41) is 3.67. The van der Waals surface area contributed by atoms with Crippen LogP contribution < -0.4 is 20.4 Å². The molecule has 146 valence electrons. The van der Waals surface area contributed by atoms with Crippen LogP contribution in [0.2, 0.25) is 0 Å². The molecule has 0 saturated heterocycles. The van der Waals surface area contributed by atoms with Gasteiger partial charge in [-0.1, -0.05) is 12.1 Å². The van der Waals surface area contributed by atoms with Crippen molar-refractivity contribution in [2.45, 2.75) is 26.7 Å². The van der Waals surface area contributed by atoms with Gasteiger partial charge in [-0.25, -0.2) is 4.79 Å². The smallest absolute Gasteiger partial charge is 0.339 e. The van der Waals surface area contributed by atoms with E-state index in [9.17, 15) is 9.59 Å². The van der Waals surface area contributed by atoms with Gasteiger partial charge >= 0.3 is 5.63 Å². The van der Waals surface area contributed by atoms with Gasteiger partial charge in [-0.05, 0) is 50.1 Å². The molecule has 2 aromatic carbocycles. The quantitative estimate of drug-likeness (QED) is 0.624. The fourth-order valence-electron chi connectivity index (χ4n) is 3.09. The van der Waals surface area contributed by atoms with E-state index in [1.54, 1.807) is 25.3 Å². The molecule has 1 heterocycles. The maximum Gasteiger partial charge on any atom is 0.339 e. The third-order valence-electron chi connectivity index (χ3n) is 4.56. The van der Waals surface area contributed by atoms with Gasteiger partial charge in [0.1, 0.15) is 17.1 Å². The van der Waals surface area contributed by atoms with Crippen molar-refractivity contribution in [3.05, 3.63) is 64.0 Å². The largest absolute Gasteiger partial charge is 0.497 e. The number of methoxy groups -OCH3 is 1. The second-order valence-corrected chi connectivity index (χ2v) is 6.33. The van der Waals surface area contributed by atoms with Gasteiger partial charge in [0.2, 0.25) is 5.91 Å². The Labute approximate surface area is 163 Å². The summed E-state index contributed by atoms with van der Waals surface area (Å²) in [6.07, 6.45) is 0.451. The second-order valence-electron chi connectivity index (χ2n) is 6.33. The van der Waals surface area contributed by atoms with Crippen molar-refractivity contribution in [1.82, 2.24) is 0 Å². The van der Waals surface area contributed by atoms with Crippen LogP contribution in [0.4, 0.5) is 5.69 Å². The van der Waals surface area contributed by atoms with Gasteiger partial charge in [0, 0.05) is 23.4 Å². The summed E-state index contributed by atoms with van der Waals surface area (Å²) in [6.45, 7) is 4.26. The summed E-state index contributed by atoms with van der Waals surface area (Å²) in [4.78, 5) is 24.8. The molecular weight excluding hydrogens is 358 g/mol. The van der Waals surface area contributed by atoms with Gasteiger partial charge < -0.3 is 19.2 Å². The van der Waals surface area contributed by atoms with Gasteiger partial charge in [0.25, 0.3) is 0 Å². The average Bonchev–Trinajstić information content (AvgIpc) is 2.69. The van der Waals surface area contributed by atoms with E-state index in [-0.39, 0.29) is 12.3 Å². The Balaban J connectivity index is 1.76. The van der Waals surface area contributed by atoms with Crippen LogP contribution in [0, 0.1) is 6.92 Å². The lowest BCUT2D eigenvalue weighted by Gasteiger charge is -2.12. The van der Waals surface area contributed by atoms with Crippen molar-refractivity contribution in [2.24, 2.45) is 0 Å². The van der Waals surface area contributed by atoms with Crippen molar-refractivity contribution >= 4 is 22.6 Å². The molecule has 0 radical (unpaired) electrons. The number of hydrogen-bond donors (Lipinski definition) is 1. The number of carbonyl (C=O) groups is 1. The van der Waals surface area contributed by atoms with Crippen molar-refractivity contribution in [1.29, 1.82) is 0 Å². The number of benzene rings is 2. The van der Waals surface area contributed by atoms with Crippen LogP contribution in [0.3, 0.4) is 0 Å². The average molecular weight is 381 g/mol. The summed E-state index contributed by atoms with van der Waals surface area (Å²) in [5.74, 6) is 1.05. The molecule has 0 atom stereocenters. The minimum absolute atomic E-state index is 0.160. The monoisotopic (exact) mass is 381 g/mol. The van der Waals surface area contributed by atoms with E-state index in [1.807, 2.05) is 38.1 Å². The predicted octanol–water partition coefficient (Wildman–Crippen LogP) is 4.08. The molecule has 0 spiro atoms. The number of amides is 1. The van der Waals surface area contributed by atoms with Crippen molar-refractivity contribution < 1.29 is 18.7 Å². The zero-order valence-electron chi connectivity index (χ0n) is 16.2. The van der Waals surface area contributed by atoms with Crippen molar-refractivity contribution in [3.8, 4) is 11.5 Å². The van der Waals surface area contributed by atoms with E-state index in [2.05, 4.69) is 5.32 Å². The van der Waals surface area contributed by atoms with Crippen LogP contribution in [-0.4, -0.2) is 19.6 Å². The minimum atomic E-state index is -0.430. The lowest BCUT2D eigenvalue weighted by molar-refractivity contribution is -0.116. The molecule has 3 rings (SSSR count). The zero-order valence-corrected chi connectivity index (χ0v) is 16.2. The highest BCUT2D eigenvalue weighted by Gasteiger charge is 2.14. The van der Waals surface area contributed by atoms with Crippen LogP contribution in [-0.2, 0) is 11.2 Å². The zero-order chi connectivity index (χ0) is 20.1. The summed E-state index contributed by atoms with van der Waals surface area (Å²) in [7, 11) is 1.56. The minimum Gasteiger partial charge on any atom is -0.497 e. The summed E-state index contributed by atoms with van der Waals surface area (Å²) in [5.41, 5.74) is 1.98. The van der Waals surface area contributed by atoms with E-state index in [1.165, 1.54) is 0 Å². The maximum absolute atomic E-state index is 12.4. The number of rotatable bonds is 7. The van der Waals surface area contributed by atoms with Crippen LogP contribution in [0.15, 0.2) is 51.7 Å². The van der Waals surface area contributed by atoms with E-state index in [0.717, 1.165) is 10.9 Å². The van der Waals surface area contributed by atoms with Crippen LogP contribution >= 0.6 is 0 Å². The first kappa shape index (κ1) is 19.5. The van der Waals surface area contributed by atoms with Gasteiger partial charge in [-0.2, -0.15) is 0 Å². The fourth-order valence-corrected chi connectivity index (χ4v) is 3.09. The van der Waals surface area contributed by atoms with E-state index in [4.69, 9.17) is 13.9 Å². The lowest BCUT2D eigenvalue weighted by atomic mass is 10.0. The second kappa shape index (κ2) is 8.61. The van der Waals surface area contributed by atoms with Crippen LogP contribution in [0.1, 0.15) is 24.5 Å². The number of anilines is 1.